The zero-order valence-corrected chi connectivity index (χ0v) is 12.5. The Labute approximate surface area is 122 Å². The molecular formula is C17H16BrN. The number of benzene rings is 2. The fraction of sp³-hybridized carbons (Fsp3) is 0.118. The average Bonchev–Trinajstić information content (AvgIpc) is 2.48. The van der Waals surface area contributed by atoms with Gasteiger partial charge >= 0.3 is 0 Å². The van der Waals surface area contributed by atoms with E-state index in [0.717, 1.165) is 11.0 Å². The molecular weight excluding hydrogens is 298 g/mol. The molecule has 19 heavy (non-hydrogen) atoms. The van der Waals surface area contributed by atoms with Crippen LogP contribution in [0.15, 0.2) is 66.9 Å². The fourth-order valence-electron chi connectivity index (χ4n) is 1.77. The smallest absolute Gasteiger partial charge is 0.0372 e. The van der Waals surface area contributed by atoms with Crippen LogP contribution in [-0.4, -0.2) is 4.98 Å². The van der Waals surface area contributed by atoms with Crippen molar-refractivity contribution >= 4 is 26.7 Å². The third kappa shape index (κ3) is 4.18. The number of nitrogens with zero attached hydrogens (tertiary/aromatic N) is 1. The predicted octanol–water partition coefficient (Wildman–Crippen LogP) is 5.12. The molecule has 0 saturated carbocycles. The second-order valence-electron chi connectivity index (χ2n) is 4.29. The van der Waals surface area contributed by atoms with Crippen LogP contribution in [0, 0.1) is 6.92 Å². The van der Waals surface area contributed by atoms with Crippen molar-refractivity contribution in [2.24, 2.45) is 0 Å². The Morgan fingerprint density at radius 2 is 1.63 bits per heavy atom. The number of alkyl halides is 1. The van der Waals surface area contributed by atoms with E-state index < -0.39 is 0 Å². The van der Waals surface area contributed by atoms with Crippen LogP contribution in [0.3, 0.4) is 0 Å². The summed E-state index contributed by atoms with van der Waals surface area (Å²) in [5, 5.41) is 3.55. The fourth-order valence-corrected chi connectivity index (χ4v) is 2.12. The van der Waals surface area contributed by atoms with Crippen molar-refractivity contribution in [2.45, 2.75) is 12.3 Å². The molecule has 0 unspecified atom stereocenters. The molecule has 96 valence electrons. The summed E-state index contributed by atoms with van der Waals surface area (Å²) in [5.74, 6) is 0. The van der Waals surface area contributed by atoms with E-state index >= 15 is 0 Å². The number of hydrogen-bond donors (Lipinski definition) is 0. The molecule has 2 aromatic carbocycles. The van der Waals surface area contributed by atoms with Crippen LogP contribution >= 0.6 is 15.9 Å². The van der Waals surface area contributed by atoms with Gasteiger partial charge in [-0.25, -0.2) is 0 Å². The monoisotopic (exact) mass is 313 g/mol. The van der Waals surface area contributed by atoms with Gasteiger partial charge in [-0.15, -0.1) is 0 Å². The van der Waals surface area contributed by atoms with Gasteiger partial charge in [0.2, 0.25) is 0 Å². The molecule has 0 N–H and O–H groups in total. The molecule has 1 nitrogen and oxygen atoms in total. The first-order valence-electron chi connectivity index (χ1n) is 6.21. The second-order valence-corrected chi connectivity index (χ2v) is 4.85. The number of aromatic nitrogens is 1. The quantitative estimate of drug-likeness (QED) is 0.568. The summed E-state index contributed by atoms with van der Waals surface area (Å²) in [6, 6.07) is 20.8. The first-order chi connectivity index (χ1) is 9.29. The van der Waals surface area contributed by atoms with Gasteiger partial charge in [0.25, 0.3) is 0 Å². The van der Waals surface area contributed by atoms with Gasteiger partial charge in [0.15, 0.2) is 0 Å². The van der Waals surface area contributed by atoms with Crippen molar-refractivity contribution in [3.8, 4) is 0 Å². The molecule has 3 aromatic rings. The van der Waals surface area contributed by atoms with Gasteiger partial charge < -0.3 is 0 Å². The molecule has 2 heteroatoms. The summed E-state index contributed by atoms with van der Waals surface area (Å²) in [6.07, 6.45) is 1.79. The van der Waals surface area contributed by atoms with E-state index in [4.69, 9.17) is 0 Å². The van der Waals surface area contributed by atoms with E-state index in [2.05, 4.69) is 63.4 Å². The lowest BCUT2D eigenvalue weighted by Crippen LogP contribution is -1.77. The van der Waals surface area contributed by atoms with Crippen LogP contribution in [0.2, 0.25) is 0 Å². The SMILES string of the molecule is BrCc1ccc2ccccc2c1.Cc1ccccn1. The minimum atomic E-state index is 0.928. The van der Waals surface area contributed by atoms with E-state index in [9.17, 15) is 0 Å². The van der Waals surface area contributed by atoms with Gasteiger partial charge in [0.1, 0.15) is 0 Å². The lowest BCUT2D eigenvalue weighted by atomic mass is 10.1. The highest BCUT2D eigenvalue weighted by atomic mass is 79.9. The highest BCUT2D eigenvalue weighted by molar-refractivity contribution is 9.08. The molecule has 0 spiro atoms. The van der Waals surface area contributed by atoms with Crippen LogP contribution in [-0.2, 0) is 5.33 Å². The highest BCUT2D eigenvalue weighted by Crippen LogP contribution is 2.16. The van der Waals surface area contributed by atoms with Crippen LogP contribution in [0.4, 0.5) is 0 Å². The van der Waals surface area contributed by atoms with Crippen LogP contribution < -0.4 is 0 Å². The lowest BCUT2D eigenvalue weighted by Gasteiger charge is -1.98. The largest absolute Gasteiger partial charge is 0.262 e. The zero-order valence-electron chi connectivity index (χ0n) is 10.9. The van der Waals surface area contributed by atoms with E-state index in [1.807, 2.05) is 25.1 Å². The van der Waals surface area contributed by atoms with E-state index in [0.29, 0.717) is 0 Å². The van der Waals surface area contributed by atoms with Crippen molar-refractivity contribution in [1.29, 1.82) is 0 Å². The summed E-state index contributed by atoms with van der Waals surface area (Å²) in [6.45, 7) is 1.97. The molecule has 0 aliphatic heterocycles. The molecule has 1 aromatic heterocycles. The third-order valence-corrected chi connectivity index (χ3v) is 3.43. The Morgan fingerprint density at radius 3 is 2.21 bits per heavy atom. The normalized spacial score (nSPS) is 9.79. The molecule has 0 aliphatic carbocycles. The van der Waals surface area contributed by atoms with Gasteiger partial charge in [-0.2, -0.15) is 0 Å². The number of pyridine rings is 1. The van der Waals surface area contributed by atoms with Crippen molar-refractivity contribution in [2.75, 3.05) is 0 Å². The number of rotatable bonds is 1. The van der Waals surface area contributed by atoms with E-state index in [-0.39, 0.29) is 0 Å². The van der Waals surface area contributed by atoms with Gasteiger partial charge in [0, 0.05) is 17.2 Å². The Bertz CT molecular complexity index is 635. The number of hydrogen-bond acceptors (Lipinski definition) is 1. The third-order valence-electron chi connectivity index (χ3n) is 2.78. The van der Waals surface area contributed by atoms with Crippen LogP contribution in [0.1, 0.15) is 11.3 Å². The summed E-state index contributed by atoms with van der Waals surface area (Å²) < 4.78 is 0. The summed E-state index contributed by atoms with van der Waals surface area (Å²) >= 11 is 3.44. The first-order valence-corrected chi connectivity index (χ1v) is 7.33. The van der Waals surface area contributed by atoms with Crippen LogP contribution in [0.25, 0.3) is 10.8 Å². The molecule has 3 rings (SSSR count). The Kier molecular flexibility index (Phi) is 5.10. The standard InChI is InChI=1S/C11H9Br.C6H7N/c12-8-9-5-6-10-3-1-2-4-11(10)7-9;1-6-4-2-3-5-7-6/h1-7H,8H2;2-5H,1H3. The molecule has 0 amide bonds. The Balaban J connectivity index is 0.000000163. The number of aryl methyl sites for hydroxylation is 1. The van der Waals surface area contributed by atoms with Gasteiger partial charge in [-0.1, -0.05) is 64.5 Å². The van der Waals surface area contributed by atoms with Gasteiger partial charge in [-0.3, -0.25) is 4.98 Å². The second kappa shape index (κ2) is 7.05. The molecule has 0 atom stereocenters. The molecule has 0 fully saturated rings. The minimum absolute atomic E-state index is 0.928. The van der Waals surface area contributed by atoms with E-state index in [1.54, 1.807) is 6.20 Å². The predicted molar refractivity (Wildman–Crippen MR) is 85.6 cm³/mol. The van der Waals surface area contributed by atoms with Crippen molar-refractivity contribution in [3.63, 3.8) is 0 Å². The minimum Gasteiger partial charge on any atom is -0.262 e. The van der Waals surface area contributed by atoms with Gasteiger partial charge in [-0.05, 0) is 35.4 Å². The van der Waals surface area contributed by atoms with Crippen molar-refractivity contribution < 1.29 is 0 Å². The summed E-state index contributed by atoms with van der Waals surface area (Å²) in [5.41, 5.74) is 2.40. The van der Waals surface area contributed by atoms with Crippen molar-refractivity contribution in [3.05, 3.63) is 78.1 Å². The number of halogens is 1. The maximum atomic E-state index is 3.98. The van der Waals surface area contributed by atoms with E-state index in [1.165, 1.54) is 16.3 Å². The Morgan fingerprint density at radius 1 is 0.895 bits per heavy atom. The van der Waals surface area contributed by atoms with Gasteiger partial charge in [0.05, 0.1) is 0 Å². The molecule has 0 bridgehead atoms. The summed E-state index contributed by atoms with van der Waals surface area (Å²) in [4.78, 5) is 3.98. The highest BCUT2D eigenvalue weighted by Gasteiger charge is 1.92. The average molecular weight is 314 g/mol. The summed E-state index contributed by atoms with van der Waals surface area (Å²) in [7, 11) is 0. The Hall–Kier alpha value is -1.67. The lowest BCUT2D eigenvalue weighted by molar-refractivity contribution is 1.20. The van der Waals surface area contributed by atoms with Crippen molar-refractivity contribution in [1.82, 2.24) is 4.98 Å². The zero-order chi connectivity index (χ0) is 13.5. The topological polar surface area (TPSA) is 12.9 Å². The maximum Gasteiger partial charge on any atom is 0.0372 e. The molecule has 1 heterocycles. The molecule has 0 saturated heterocycles. The molecule has 0 radical (unpaired) electrons. The number of fused-ring (bicyclic) bond motifs is 1. The molecule has 0 aliphatic rings. The van der Waals surface area contributed by atoms with Crippen LogP contribution in [0.5, 0.6) is 0 Å². The first kappa shape index (κ1) is 13.8. The maximum absolute atomic E-state index is 3.98.